The third-order valence-electron chi connectivity index (χ3n) is 4.12. The van der Waals surface area contributed by atoms with Gasteiger partial charge in [-0.3, -0.25) is 0 Å². The Bertz CT molecular complexity index is 230. The summed E-state index contributed by atoms with van der Waals surface area (Å²) in [6.45, 7) is 4.61. The van der Waals surface area contributed by atoms with E-state index in [9.17, 15) is 0 Å². The number of hydrogen-bond acceptors (Lipinski definition) is 3. The molecule has 3 aliphatic rings. The van der Waals surface area contributed by atoms with E-state index in [4.69, 9.17) is 9.47 Å². The van der Waals surface area contributed by atoms with Crippen molar-refractivity contribution in [2.75, 3.05) is 19.8 Å². The van der Waals surface area contributed by atoms with E-state index in [0.29, 0.717) is 0 Å². The van der Waals surface area contributed by atoms with Crippen LogP contribution in [0.3, 0.4) is 0 Å². The summed E-state index contributed by atoms with van der Waals surface area (Å²) in [6, 6.07) is 0.796. The molecule has 0 amide bonds. The second-order valence-corrected chi connectivity index (χ2v) is 5.74. The van der Waals surface area contributed by atoms with E-state index >= 15 is 0 Å². The van der Waals surface area contributed by atoms with Gasteiger partial charge in [0.2, 0.25) is 0 Å². The predicted molar refractivity (Wildman–Crippen MR) is 62.2 cm³/mol. The van der Waals surface area contributed by atoms with Gasteiger partial charge in [-0.15, -0.1) is 0 Å². The Hall–Kier alpha value is -0.120. The molecule has 0 bridgehead atoms. The van der Waals surface area contributed by atoms with Gasteiger partial charge in [-0.2, -0.15) is 0 Å². The van der Waals surface area contributed by atoms with Crippen LogP contribution in [0.5, 0.6) is 0 Å². The molecule has 0 radical (unpaired) electrons. The van der Waals surface area contributed by atoms with Gasteiger partial charge in [-0.25, -0.2) is 0 Å². The van der Waals surface area contributed by atoms with Crippen molar-refractivity contribution in [3.63, 3.8) is 0 Å². The van der Waals surface area contributed by atoms with Crippen LogP contribution in [0.4, 0.5) is 0 Å². The van der Waals surface area contributed by atoms with Gasteiger partial charge < -0.3 is 14.8 Å². The van der Waals surface area contributed by atoms with Crippen molar-refractivity contribution in [2.45, 2.75) is 50.9 Å². The highest BCUT2D eigenvalue weighted by Gasteiger charge is 2.41. The fraction of sp³-hybridized carbons (Fsp3) is 1.00. The van der Waals surface area contributed by atoms with Gasteiger partial charge in [0, 0.05) is 19.0 Å². The van der Waals surface area contributed by atoms with Crippen molar-refractivity contribution in [2.24, 2.45) is 11.8 Å². The highest BCUT2D eigenvalue weighted by atomic mass is 16.7. The van der Waals surface area contributed by atoms with Crippen LogP contribution in [-0.2, 0) is 9.47 Å². The van der Waals surface area contributed by atoms with Crippen molar-refractivity contribution in [3.8, 4) is 0 Å². The van der Waals surface area contributed by atoms with E-state index < -0.39 is 0 Å². The van der Waals surface area contributed by atoms with Crippen molar-refractivity contribution >= 4 is 0 Å². The first kappa shape index (κ1) is 11.0. The summed E-state index contributed by atoms with van der Waals surface area (Å²) >= 11 is 0. The molecule has 2 aliphatic carbocycles. The van der Waals surface area contributed by atoms with E-state index in [1.165, 1.54) is 25.7 Å². The Labute approximate surface area is 97.9 Å². The normalized spacial score (nSPS) is 28.9. The van der Waals surface area contributed by atoms with Crippen LogP contribution in [0.1, 0.15) is 39.0 Å². The minimum absolute atomic E-state index is 0.315. The van der Waals surface area contributed by atoms with E-state index in [1.807, 2.05) is 0 Å². The lowest BCUT2D eigenvalue weighted by atomic mass is 10.1. The van der Waals surface area contributed by atoms with Crippen LogP contribution >= 0.6 is 0 Å². The molecule has 1 N–H and O–H groups in total. The van der Waals surface area contributed by atoms with Gasteiger partial charge in [-0.1, -0.05) is 0 Å². The average Bonchev–Trinajstić information content (AvgIpc) is 3.16. The first-order valence-corrected chi connectivity index (χ1v) is 6.78. The Morgan fingerprint density at radius 1 is 1.12 bits per heavy atom. The molecule has 3 rings (SSSR count). The molecule has 3 fully saturated rings. The molecule has 2 saturated carbocycles. The summed E-state index contributed by atoms with van der Waals surface area (Å²) in [5.74, 6) is 1.64. The van der Waals surface area contributed by atoms with Crippen molar-refractivity contribution in [1.29, 1.82) is 0 Å². The summed E-state index contributed by atoms with van der Waals surface area (Å²) in [7, 11) is 0. The van der Waals surface area contributed by atoms with Crippen molar-refractivity contribution in [1.82, 2.24) is 5.32 Å². The molecule has 3 heteroatoms. The number of hydrogen-bond donors (Lipinski definition) is 1. The molecular weight excluding hydrogens is 202 g/mol. The van der Waals surface area contributed by atoms with E-state index in [2.05, 4.69) is 12.2 Å². The average molecular weight is 225 g/mol. The Morgan fingerprint density at radius 3 is 2.19 bits per heavy atom. The van der Waals surface area contributed by atoms with Crippen molar-refractivity contribution in [3.05, 3.63) is 0 Å². The lowest BCUT2D eigenvalue weighted by molar-refractivity contribution is -0.145. The fourth-order valence-electron chi connectivity index (χ4n) is 2.80. The molecule has 0 aromatic carbocycles. The highest BCUT2D eigenvalue weighted by Crippen LogP contribution is 2.44. The van der Waals surface area contributed by atoms with E-state index in [-0.39, 0.29) is 5.79 Å². The molecule has 1 heterocycles. The van der Waals surface area contributed by atoms with Gasteiger partial charge in [0.05, 0.1) is 13.2 Å². The van der Waals surface area contributed by atoms with Gasteiger partial charge in [0.1, 0.15) is 0 Å². The maximum atomic E-state index is 5.61. The smallest absolute Gasteiger partial charge is 0.166 e. The Morgan fingerprint density at radius 2 is 1.69 bits per heavy atom. The lowest BCUT2D eigenvalue weighted by Crippen LogP contribution is -2.38. The van der Waals surface area contributed by atoms with Crippen LogP contribution in [0.25, 0.3) is 0 Å². The minimum atomic E-state index is -0.315. The first-order valence-electron chi connectivity index (χ1n) is 6.78. The molecule has 0 spiro atoms. The third-order valence-corrected chi connectivity index (χ3v) is 4.12. The number of nitrogens with one attached hydrogen (secondary N) is 1. The summed E-state index contributed by atoms with van der Waals surface area (Å²) in [5.41, 5.74) is 0. The fourth-order valence-corrected chi connectivity index (χ4v) is 2.80. The molecule has 3 nitrogen and oxygen atoms in total. The second-order valence-electron chi connectivity index (χ2n) is 5.74. The molecule has 16 heavy (non-hydrogen) atoms. The summed E-state index contributed by atoms with van der Waals surface area (Å²) in [5, 5.41) is 3.74. The number of ether oxygens (including phenoxy) is 2. The Kier molecular flexibility index (Phi) is 2.94. The number of rotatable bonds is 6. The second kappa shape index (κ2) is 4.28. The maximum Gasteiger partial charge on any atom is 0.166 e. The van der Waals surface area contributed by atoms with Gasteiger partial charge >= 0.3 is 0 Å². The zero-order valence-electron chi connectivity index (χ0n) is 10.2. The van der Waals surface area contributed by atoms with Crippen LogP contribution < -0.4 is 5.32 Å². The van der Waals surface area contributed by atoms with Crippen LogP contribution in [0, 0.1) is 11.8 Å². The maximum absolute atomic E-state index is 5.61. The molecule has 0 aromatic rings. The molecule has 1 aliphatic heterocycles. The third kappa shape index (κ3) is 2.58. The standard InChI is InChI=1S/C13H23NO2/c1-13(15-8-9-16-13)6-7-14-12(10-2-3-10)11-4-5-11/h10-12,14H,2-9H2,1H3. The summed E-state index contributed by atoms with van der Waals surface area (Å²) < 4.78 is 11.2. The largest absolute Gasteiger partial charge is 0.348 e. The van der Waals surface area contributed by atoms with Gasteiger partial charge in [0.15, 0.2) is 5.79 Å². The zero-order valence-corrected chi connectivity index (χ0v) is 10.2. The Balaban J connectivity index is 1.41. The summed E-state index contributed by atoms with van der Waals surface area (Å²) in [4.78, 5) is 0. The molecule has 92 valence electrons. The van der Waals surface area contributed by atoms with E-state index in [0.717, 1.165) is 44.1 Å². The molecule has 0 atom stereocenters. The molecule has 0 unspecified atom stereocenters. The van der Waals surface area contributed by atoms with Gasteiger partial charge in [0.25, 0.3) is 0 Å². The van der Waals surface area contributed by atoms with E-state index in [1.54, 1.807) is 0 Å². The molecule has 0 aromatic heterocycles. The van der Waals surface area contributed by atoms with Crippen LogP contribution in [-0.4, -0.2) is 31.6 Å². The summed E-state index contributed by atoms with van der Waals surface area (Å²) in [6.07, 6.45) is 6.75. The monoisotopic (exact) mass is 225 g/mol. The lowest BCUT2D eigenvalue weighted by Gasteiger charge is -2.24. The quantitative estimate of drug-likeness (QED) is 0.749. The predicted octanol–water partition coefficient (Wildman–Crippen LogP) is 1.92. The van der Waals surface area contributed by atoms with Gasteiger partial charge in [-0.05, 0) is 44.4 Å². The topological polar surface area (TPSA) is 30.5 Å². The highest BCUT2D eigenvalue weighted by molar-refractivity contribution is 4.96. The molecule has 1 saturated heterocycles. The minimum Gasteiger partial charge on any atom is -0.348 e. The van der Waals surface area contributed by atoms with Crippen LogP contribution in [0.15, 0.2) is 0 Å². The zero-order chi connectivity index (χ0) is 11.0. The molecular formula is C13H23NO2. The van der Waals surface area contributed by atoms with Crippen LogP contribution in [0.2, 0.25) is 0 Å². The SMILES string of the molecule is CC1(CCNC(C2CC2)C2CC2)OCCO1. The van der Waals surface area contributed by atoms with Crippen molar-refractivity contribution < 1.29 is 9.47 Å². The first-order chi connectivity index (χ1) is 7.77.